The summed E-state index contributed by atoms with van der Waals surface area (Å²) in [6, 6.07) is 11.4. The maximum Gasteiger partial charge on any atom is 0.405 e. The van der Waals surface area contributed by atoms with Crippen molar-refractivity contribution >= 4 is 23.7 Å². The van der Waals surface area contributed by atoms with Crippen molar-refractivity contribution in [2.24, 2.45) is 13.0 Å². The number of piperidine rings is 1. The van der Waals surface area contributed by atoms with E-state index in [0.717, 1.165) is 18.4 Å². The summed E-state index contributed by atoms with van der Waals surface area (Å²) < 4.78 is 14.7. The maximum atomic E-state index is 13.2. The second-order valence-electron chi connectivity index (χ2n) is 9.17. The molecule has 3 aromatic rings. The maximum absolute atomic E-state index is 13.2. The van der Waals surface area contributed by atoms with Crippen molar-refractivity contribution in [3.8, 4) is 11.4 Å². The van der Waals surface area contributed by atoms with E-state index < -0.39 is 24.1 Å². The molecule has 4 N–H and O–H groups in total. The topological polar surface area (TPSA) is 154 Å². The lowest BCUT2D eigenvalue weighted by Crippen LogP contribution is -2.55. The lowest BCUT2D eigenvalue weighted by atomic mass is 9.91. The van der Waals surface area contributed by atoms with E-state index in [1.807, 2.05) is 0 Å². The van der Waals surface area contributed by atoms with Crippen LogP contribution in [0.4, 0.5) is 19.7 Å². The number of anilines is 1. The number of urea groups is 1. The molecule has 0 radical (unpaired) electrons. The third-order valence-electron chi connectivity index (χ3n) is 6.33. The third kappa shape index (κ3) is 7.02. The van der Waals surface area contributed by atoms with Crippen LogP contribution in [-0.4, -0.2) is 73.9 Å². The Balaban J connectivity index is 1.34. The molecule has 1 aliphatic rings. The Morgan fingerprint density at radius 2 is 1.97 bits per heavy atom. The zero-order chi connectivity index (χ0) is 27.1. The van der Waals surface area contributed by atoms with Gasteiger partial charge in [-0.25, -0.2) is 18.7 Å². The summed E-state index contributed by atoms with van der Waals surface area (Å²) in [6.45, 7) is 0.708. The molecule has 13 heteroatoms. The fourth-order valence-electron chi connectivity index (χ4n) is 4.54. The van der Waals surface area contributed by atoms with Gasteiger partial charge in [0, 0.05) is 37.9 Å². The number of likely N-dealkylation sites (tertiary alicyclic amines) is 1. The molecule has 1 fully saturated rings. The summed E-state index contributed by atoms with van der Waals surface area (Å²) in [5.74, 6) is -0.0297. The number of carbonyl (C=O) groups excluding carboxylic acids is 2. The summed E-state index contributed by atoms with van der Waals surface area (Å²) in [5, 5.41) is 28.1. The highest BCUT2D eigenvalue weighted by molar-refractivity contribution is 5.91. The van der Waals surface area contributed by atoms with Crippen molar-refractivity contribution in [2.75, 3.05) is 25.0 Å². The van der Waals surface area contributed by atoms with Gasteiger partial charge in [-0.1, -0.05) is 24.3 Å². The average molecular weight is 525 g/mol. The van der Waals surface area contributed by atoms with Gasteiger partial charge in [-0.15, -0.1) is 5.10 Å². The molecule has 1 aromatic heterocycles. The zero-order valence-electron chi connectivity index (χ0n) is 20.8. The van der Waals surface area contributed by atoms with Gasteiger partial charge in [0.15, 0.2) is 5.82 Å². The Labute approximate surface area is 218 Å². The first-order chi connectivity index (χ1) is 18.3. The number of amides is 4. The molecule has 2 heterocycles. The first-order valence-corrected chi connectivity index (χ1v) is 12.2. The molecule has 12 nitrogen and oxygen atoms in total. The minimum Gasteiger partial charge on any atom is -0.465 e. The minimum atomic E-state index is -1.37. The summed E-state index contributed by atoms with van der Waals surface area (Å²) >= 11 is 0. The summed E-state index contributed by atoms with van der Waals surface area (Å²) in [5.41, 5.74) is 2.14. The molecule has 1 aliphatic heterocycles. The van der Waals surface area contributed by atoms with E-state index in [9.17, 15) is 23.9 Å². The smallest absolute Gasteiger partial charge is 0.405 e. The van der Waals surface area contributed by atoms with Crippen LogP contribution in [0, 0.1) is 11.7 Å². The van der Waals surface area contributed by atoms with Gasteiger partial charge in [-0.3, -0.25) is 4.79 Å². The second-order valence-corrected chi connectivity index (χ2v) is 9.17. The summed E-state index contributed by atoms with van der Waals surface area (Å²) in [6.07, 6.45) is 0.992. The fraction of sp³-hybridized carbons (Fsp3) is 0.360. The van der Waals surface area contributed by atoms with Crippen molar-refractivity contribution in [3.05, 3.63) is 59.9 Å². The molecule has 0 unspecified atom stereocenters. The van der Waals surface area contributed by atoms with Crippen LogP contribution in [0.2, 0.25) is 0 Å². The largest absolute Gasteiger partial charge is 0.465 e. The van der Waals surface area contributed by atoms with Gasteiger partial charge in [-0.05, 0) is 65.4 Å². The van der Waals surface area contributed by atoms with E-state index in [2.05, 4.69) is 31.5 Å². The number of tetrazole rings is 1. The molecule has 0 saturated carbocycles. The quantitative estimate of drug-likeness (QED) is 0.352. The van der Waals surface area contributed by atoms with E-state index in [-0.39, 0.29) is 18.3 Å². The predicted molar refractivity (Wildman–Crippen MR) is 136 cm³/mol. The number of carbonyl (C=O) groups is 3. The van der Waals surface area contributed by atoms with Gasteiger partial charge in [0.2, 0.25) is 5.91 Å². The van der Waals surface area contributed by atoms with Crippen LogP contribution in [-0.2, 0) is 18.3 Å². The van der Waals surface area contributed by atoms with Crippen LogP contribution in [0.1, 0.15) is 18.4 Å². The van der Waals surface area contributed by atoms with Crippen molar-refractivity contribution in [1.82, 2.24) is 35.7 Å². The number of hydrogen-bond acceptors (Lipinski definition) is 6. The van der Waals surface area contributed by atoms with Crippen LogP contribution in [0.5, 0.6) is 0 Å². The number of aryl methyl sites for hydroxylation is 1. The SMILES string of the molecule is Cn1nnnc1-c1cccc(NC(=O)NC[C@@H](NC(=O)O)C(=O)N2CCC[C@@H](Cc3ccc(F)cc3)C2)c1. The van der Waals surface area contributed by atoms with Crippen LogP contribution >= 0.6 is 0 Å². The summed E-state index contributed by atoms with van der Waals surface area (Å²) in [4.78, 5) is 38.8. The standard InChI is InChI=1S/C25H29FN8O4/c1-33-22(30-31-32-33)18-5-2-6-20(13-18)28-24(36)27-14-21(29-25(37)38)23(35)34-11-3-4-17(15-34)12-16-7-9-19(26)10-8-16/h2,5-10,13,17,21,29H,3-4,11-12,14-15H2,1H3,(H,37,38)(H2,27,28,36)/t17-,21+/m0/s1. The number of rotatable bonds is 8. The van der Waals surface area contributed by atoms with Gasteiger partial charge >= 0.3 is 12.1 Å². The molecule has 200 valence electrons. The van der Waals surface area contributed by atoms with E-state index in [1.54, 1.807) is 48.3 Å². The first-order valence-electron chi connectivity index (χ1n) is 12.2. The molecular weight excluding hydrogens is 495 g/mol. The molecule has 38 heavy (non-hydrogen) atoms. The number of aromatic nitrogens is 4. The summed E-state index contributed by atoms with van der Waals surface area (Å²) in [7, 11) is 1.70. The number of nitrogens with one attached hydrogen (secondary N) is 3. The first kappa shape index (κ1) is 26.5. The minimum absolute atomic E-state index is 0.163. The second kappa shape index (κ2) is 12.1. The van der Waals surface area contributed by atoms with E-state index >= 15 is 0 Å². The van der Waals surface area contributed by atoms with E-state index in [4.69, 9.17) is 0 Å². The molecule has 0 bridgehead atoms. The highest BCUT2D eigenvalue weighted by Crippen LogP contribution is 2.22. The van der Waals surface area contributed by atoms with Crippen molar-refractivity contribution < 1.29 is 23.9 Å². The highest BCUT2D eigenvalue weighted by atomic mass is 19.1. The van der Waals surface area contributed by atoms with Gasteiger partial charge < -0.3 is 26.0 Å². The van der Waals surface area contributed by atoms with Crippen molar-refractivity contribution in [3.63, 3.8) is 0 Å². The number of hydrogen-bond donors (Lipinski definition) is 4. The fourth-order valence-corrected chi connectivity index (χ4v) is 4.54. The van der Waals surface area contributed by atoms with Gasteiger partial charge in [-0.2, -0.15) is 0 Å². The normalized spacial score (nSPS) is 15.9. The van der Waals surface area contributed by atoms with Crippen LogP contribution < -0.4 is 16.0 Å². The van der Waals surface area contributed by atoms with Gasteiger partial charge in [0.25, 0.3) is 0 Å². The average Bonchev–Trinajstić information content (AvgIpc) is 3.33. The molecule has 4 rings (SSSR count). The van der Waals surface area contributed by atoms with Crippen LogP contribution in [0.25, 0.3) is 11.4 Å². The zero-order valence-corrected chi connectivity index (χ0v) is 20.8. The molecule has 4 amide bonds. The Morgan fingerprint density at radius 3 is 2.68 bits per heavy atom. The monoisotopic (exact) mass is 524 g/mol. The third-order valence-corrected chi connectivity index (χ3v) is 6.33. The number of benzene rings is 2. The van der Waals surface area contributed by atoms with E-state index in [0.29, 0.717) is 36.6 Å². The Bertz CT molecular complexity index is 1280. The van der Waals surface area contributed by atoms with E-state index in [1.165, 1.54) is 16.8 Å². The molecule has 2 aromatic carbocycles. The van der Waals surface area contributed by atoms with Crippen LogP contribution in [0.15, 0.2) is 48.5 Å². The molecule has 2 atom stereocenters. The molecule has 0 aliphatic carbocycles. The van der Waals surface area contributed by atoms with Gasteiger partial charge in [0.1, 0.15) is 11.9 Å². The molecule has 1 saturated heterocycles. The number of nitrogens with zero attached hydrogens (tertiary/aromatic N) is 5. The van der Waals surface area contributed by atoms with Gasteiger partial charge in [0.05, 0.1) is 0 Å². The van der Waals surface area contributed by atoms with Crippen LogP contribution in [0.3, 0.4) is 0 Å². The predicted octanol–water partition coefficient (Wildman–Crippen LogP) is 2.26. The Kier molecular flexibility index (Phi) is 8.46. The lowest BCUT2D eigenvalue weighted by molar-refractivity contribution is -0.135. The van der Waals surface area contributed by atoms with Crippen molar-refractivity contribution in [2.45, 2.75) is 25.3 Å². The molecular formula is C25H29FN8O4. The number of carboxylic acid groups (broad SMARTS) is 1. The Morgan fingerprint density at radius 1 is 1.18 bits per heavy atom. The molecule has 0 spiro atoms. The lowest BCUT2D eigenvalue weighted by Gasteiger charge is -2.35. The number of halogens is 1. The van der Waals surface area contributed by atoms with Crippen molar-refractivity contribution in [1.29, 1.82) is 0 Å². The highest BCUT2D eigenvalue weighted by Gasteiger charge is 2.30. The Hall–Kier alpha value is -4.55.